The van der Waals surface area contributed by atoms with Crippen LogP contribution in [0.5, 0.6) is 0 Å². The van der Waals surface area contributed by atoms with Crippen LogP contribution in [0.4, 0.5) is 11.6 Å². The lowest BCUT2D eigenvalue weighted by Crippen LogP contribution is -2.28. The zero-order valence-electron chi connectivity index (χ0n) is 11.0. The number of carbonyl (C=O) groups is 1. The van der Waals surface area contributed by atoms with E-state index in [0.717, 1.165) is 0 Å². The first-order valence-corrected chi connectivity index (χ1v) is 6.66. The van der Waals surface area contributed by atoms with E-state index in [4.69, 9.17) is 33.8 Å². The minimum atomic E-state index is -0.0863. The molecule has 7 nitrogen and oxygen atoms in total. The molecule has 112 valence electrons. The topological polar surface area (TPSA) is 101 Å². The Kier molecular flexibility index (Phi) is 7.38. The van der Waals surface area contributed by atoms with Crippen molar-refractivity contribution >= 4 is 40.7 Å². The second kappa shape index (κ2) is 8.80. The van der Waals surface area contributed by atoms with Gasteiger partial charge in [-0.05, 0) is 6.07 Å². The Labute approximate surface area is 127 Å². The van der Waals surface area contributed by atoms with E-state index in [1.54, 1.807) is 7.11 Å². The number of anilines is 2. The highest BCUT2D eigenvalue weighted by atomic mass is 35.5. The number of hydrazine groups is 1. The number of aromatic nitrogens is 1. The number of rotatable bonds is 8. The summed E-state index contributed by atoms with van der Waals surface area (Å²) in [7, 11) is 1.57. The third kappa shape index (κ3) is 5.38. The molecule has 5 N–H and O–H groups in total. The molecule has 1 rings (SSSR count). The summed E-state index contributed by atoms with van der Waals surface area (Å²) in [6.07, 6.45) is 0.287. The van der Waals surface area contributed by atoms with Crippen LogP contribution in [0.3, 0.4) is 0 Å². The molecule has 0 aliphatic rings. The average molecular weight is 322 g/mol. The maximum Gasteiger partial charge on any atom is 0.221 e. The Hall–Kier alpha value is -1.28. The minimum Gasteiger partial charge on any atom is -0.383 e. The predicted molar refractivity (Wildman–Crippen MR) is 80.1 cm³/mol. The van der Waals surface area contributed by atoms with Crippen LogP contribution >= 0.6 is 23.2 Å². The molecule has 1 aromatic heterocycles. The second-order valence-corrected chi connectivity index (χ2v) is 4.63. The maximum atomic E-state index is 11.5. The number of ether oxygens (including phenoxy) is 1. The Morgan fingerprint density at radius 1 is 1.35 bits per heavy atom. The SMILES string of the molecule is COCCNC(=O)CCNc1nc(NN)c(Cl)cc1Cl. The van der Waals surface area contributed by atoms with E-state index >= 15 is 0 Å². The molecule has 0 saturated carbocycles. The number of carbonyl (C=O) groups excluding carboxylic acids is 1. The molecule has 1 aromatic rings. The largest absolute Gasteiger partial charge is 0.383 e. The van der Waals surface area contributed by atoms with Gasteiger partial charge in [-0.3, -0.25) is 4.79 Å². The van der Waals surface area contributed by atoms with E-state index < -0.39 is 0 Å². The fourth-order valence-electron chi connectivity index (χ4n) is 1.37. The van der Waals surface area contributed by atoms with Crippen LogP contribution in [0.2, 0.25) is 10.0 Å². The van der Waals surface area contributed by atoms with Gasteiger partial charge in [0.1, 0.15) is 5.82 Å². The predicted octanol–water partition coefficient (Wildman–Crippen LogP) is 1.24. The maximum absolute atomic E-state index is 11.5. The van der Waals surface area contributed by atoms with Gasteiger partial charge in [-0.15, -0.1) is 0 Å². The van der Waals surface area contributed by atoms with Gasteiger partial charge in [0.05, 0.1) is 16.7 Å². The van der Waals surface area contributed by atoms with E-state index in [9.17, 15) is 4.79 Å². The van der Waals surface area contributed by atoms with Gasteiger partial charge >= 0.3 is 0 Å². The first-order chi connectivity index (χ1) is 9.58. The zero-order valence-corrected chi connectivity index (χ0v) is 12.5. The van der Waals surface area contributed by atoms with Crippen LogP contribution in [0.15, 0.2) is 6.07 Å². The van der Waals surface area contributed by atoms with Crippen molar-refractivity contribution in [3.63, 3.8) is 0 Å². The van der Waals surface area contributed by atoms with E-state index in [1.807, 2.05) is 0 Å². The summed E-state index contributed by atoms with van der Waals surface area (Å²) in [5.74, 6) is 5.90. The Morgan fingerprint density at radius 2 is 2.05 bits per heavy atom. The lowest BCUT2D eigenvalue weighted by molar-refractivity contribution is -0.121. The van der Waals surface area contributed by atoms with Crippen LogP contribution in [0.25, 0.3) is 0 Å². The summed E-state index contributed by atoms with van der Waals surface area (Å²) in [6.45, 7) is 1.35. The van der Waals surface area contributed by atoms with Crippen molar-refractivity contribution in [2.45, 2.75) is 6.42 Å². The van der Waals surface area contributed by atoms with E-state index in [1.165, 1.54) is 6.07 Å². The van der Waals surface area contributed by atoms with Gasteiger partial charge in [-0.2, -0.15) is 0 Å². The van der Waals surface area contributed by atoms with Crippen molar-refractivity contribution < 1.29 is 9.53 Å². The molecule has 0 atom stereocenters. The summed E-state index contributed by atoms with van der Waals surface area (Å²) in [4.78, 5) is 15.6. The number of halogens is 2. The molecule has 0 unspecified atom stereocenters. The van der Waals surface area contributed by atoms with Crippen molar-refractivity contribution in [3.05, 3.63) is 16.1 Å². The van der Waals surface area contributed by atoms with E-state index in [2.05, 4.69) is 21.0 Å². The van der Waals surface area contributed by atoms with E-state index in [-0.39, 0.29) is 12.3 Å². The fourth-order valence-corrected chi connectivity index (χ4v) is 1.85. The number of hydrogen-bond donors (Lipinski definition) is 4. The molecule has 20 heavy (non-hydrogen) atoms. The number of amides is 1. The van der Waals surface area contributed by atoms with Crippen LogP contribution in [0, 0.1) is 0 Å². The molecule has 0 saturated heterocycles. The normalized spacial score (nSPS) is 10.2. The first-order valence-electron chi connectivity index (χ1n) is 5.90. The van der Waals surface area contributed by atoms with Gasteiger partial charge in [-0.1, -0.05) is 23.2 Å². The van der Waals surface area contributed by atoms with E-state index in [0.29, 0.717) is 41.4 Å². The number of nitrogens with two attached hydrogens (primary N) is 1. The van der Waals surface area contributed by atoms with Crippen LogP contribution in [-0.4, -0.2) is 37.7 Å². The Morgan fingerprint density at radius 3 is 2.70 bits per heavy atom. The number of nitrogens with one attached hydrogen (secondary N) is 3. The number of methoxy groups -OCH3 is 1. The molecule has 0 radical (unpaired) electrons. The lowest BCUT2D eigenvalue weighted by atomic mass is 10.3. The molecule has 0 aliphatic carbocycles. The smallest absolute Gasteiger partial charge is 0.221 e. The van der Waals surface area contributed by atoms with Crippen molar-refractivity contribution in [1.82, 2.24) is 10.3 Å². The molecule has 0 fully saturated rings. The molecular weight excluding hydrogens is 305 g/mol. The van der Waals surface area contributed by atoms with Crippen LogP contribution < -0.4 is 21.9 Å². The zero-order chi connectivity index (χ0) is 15.0. The number of nitrogens with zero attached hydrogens (tertiary/aromatic N) is 1. The number of hydrogen-bond acceptors (Lipinski definition) is 6. The van der Waals surface area contributed by atoms with Gasteiger partial charge in [-0.25, -0.2) is 10.8 Å². The molecule has 1 amide bonds. The summed E-state index contributed by atoms with van der Waals surface area (Å²) in [5, 5.41) is 6.33. The molecule has 0 bridgehead atoms. The molecule has 0 aliphatic heterocycles. The number of pyridine rings is 1. The monoisotopic (exact) mass is 321 g/mol. The number of nitrogen functional groups attached to an aromatic ring is 1. The highest BCUT2D eigenvalue weighted by molar-refractivity contribution is 6.37. The summed E-state index contributed by atoms with van der Waals surface area (Å²) >= 11 is 11.8. The summed E-state index contributed by atoms with van der Waals surface area (Å²) < 4.78 is 4.83. The summed E-state index contributed by atoms with van der Waals surface area (Å²) in [5.41, 5.74) is 2.36. The van der Waals surface area contributed by atoms with Gasteiger partial charge in [0.25, 0.3) is 0 Å². The Bertz CT molecular complexity index is 459. The van der Waals surface area contributed by atoms with Gasteiger partial charge in [0.2, 0.25) is 5.91 Å². The Balaban J connectivity index is 2.44. The van der Waals surface area contributed by atoms with Gasteiger partial charge < -0.3 is 20.8 Å². The molecule has 1 heterocycles. The third-order valence-corrected chi connectivity index (χ3v) is 2.92. The average Bonchev–Trinajstić information content (AvgIpc) is 2.41. The summed E-state index contributed by atoms with van der Waals surface area (Å²) in [6, 6.07) is 1.52. The minimum absolute atomic E-state index is 0.0863. The molecular formula is C11H17Cl2N5O2. The van der Waals surface area contributed by atoms with Gasteiger partial charge in [0.15, 0.2) is 5.82 Å². The third-order valence-electron chi connectivity index (χ3n) is 2.34. The highest BCUT2D eigenvalue weighted by Gasteiger charge is 2.09. The molecule has 0 spiro atoms. The van der Waals surface area contributed by atoms with Crippen molar-refractivity contribution in [2.24, 2.45) is 5.84 Å². The van der Waals surface area contributed by atoms with Gasteiger partial charge in [0, 0.05) is 26.6 Å². The first kappa shape index (κ1) is 16.8. The van der Waals surface area contributed by atoms with Crippen LogP contribution in [-0.2, 0) is 9.53 Å². The standard InChI is InChI=1S/C11H17Cl2N5O2/c1-20-5-4-15-9(19)2-3-16-10-7(12)6-8(13)11(17-10)18-14/h6H,2-5,14H2,1H3,(H,15,19)(H2,16,17,18). The quantitative estimate of drug-likeness (QED) is 0.326. The lowest BCUT2D eigenvalue weighted by Gasteiger charge is -2.10. The van der Waals surface area contributed by atoms with Crippen molar-refractivity contribution in [3.8, 4) is 0 Å². The highest BCUT2D eigenvalue weighted by Crippen LogP contribution is 2.28. The fraction of sp³-hybridized carbons (Fsp3) is 0.455. The van der Waals surface area contributed by atoms with Crippen molar-refractivity contribution in [2.75, 3.05) is 37.5 Å². The molecule has 0 aromatic carbocycles. The second-order valence-electron chi connectivity index (χ2n) is 3.81. The van der Waals surface area contributed by atoms with Crippen LogP contribution in [0.1, 0.15) is 6.42 Å². The molecule has 9 heteroatoms. The van der Waals surface area contributed by atoms with Crippen molar-refractivity contribution in [1.29, 1.82) is 0 Å².